The highest BCUT2D eigenvalue weighted by Gasteiger charge is 2.28. The van der Waals surface area contributed by atoms with Gasteiger partial charge in [0.2, 0.25) is 11.6 Å². The summed E-state index contributed by atoms with van der Waals surface area (Å²) in [5, 5.41) is 7.91. The zero-order valence-corrected chi connectivity index (χ0v) is 19.0. The summed E-state index contributed by atoms with van der Waals surface area (Å²) in [6, 6.07) is 16.2. The molecule has 0 amide bonds. The molecule has 33 heavy (non-hydrogen) atoms. The Morgan fingerprint density at radius 1 is 1.18 bits per heavy atom. The third kappa shape index (κ3) is 3.88. The molecular formula is C25H27N6O2+. The number of benzene rings is 1. The molecule has 0 saturated carbocycles. The van der Waals surface area contributed by atoms with E-state index in [1.165, 1.54) is 32.1 Å². The number of hydrogen-bond acceptors (Lipinski definition) is 6. The highest BCUT2D eigenvalue weighted by Crippen LogP contribution is 2.29. The van der Waals surface area contributed by atoms with Gasteiger partial charge in [0.15, 0.2) is 5.65 Å². The van der Waals surface area contributed by atoms with Crippen LogP contribution >= 0.6 is 0 Å². The van der Waals surface area contributed by atoms with E-state index < -0.39 is 0 Å². The van der Waals surface area contributed by atoms with Gasteiger partial charge in [0.05, 0.1) is 32.3 Å². The lowest BCUT2D eigenvalue weighted by Gasteiger charge is -2.21. The maximum Gasteiger partial charge on any atom is 0.337 e. The predicted molar refractivity (Wildman–Crippen MR) is 127 cm³/mol. The third-order valence-electron chi connectivity index (χ3n) is 6.31. The number of fused-ring (bicyclic) bond motifs is 1. The molecule has 1 aliphatic rings. The van der Waals surface area contributed by atoms with Crippen molar-refractivity contribution in [2.24, 2.45) is 7.05 Å². The number of carbonyl (C=O) groups excluding carboxylic acids is 1. The van der Waals surface area contributed by atoms with Crippen LogP contribution < -0.4 is 14.8 Å². The highest BCUT2D eigenvalue weighted by atomic mass is 16.5. The first-order chi connectivity index (χ1) is 16.0. The van der Waals surface area contributed by atoms with Gasteiger partial charge in [-0.2, -0.15) is 5.10 Å². The van der Waals surface area contributed by atoms with Crippen molar-refractivity contribution in [3.63, 3.8) is 0 Å². The molecule has 1 saturated heterocycles. The van der Waals surface area contributed by atoms with E-state index in [-0.39, 0.29) is 5.97 Å². The van der Waals surface area contributed by atoms with Gasteiger partial charge >= 0.3 is 5.97 Å². The number of ether oxygens (including phenoxy) is 1. The summed E-state index contributed by atoms with van der Waals surface area (Å²) in [5.74, 6) is 1.78. The number of nitrogens with one attached hydrogen (secondary N) is 1. The molecule has 1 fully saturated rings. The minimum absolute atomic E-state index is 0.364. The number of methoxy groups -OCH3 is 1. The van der Waals surface area contributed by atoms with Crippen LogP contribution in [-0.2, 0) is 11.8 Å². The van der Waals surface area contributed by atoms with E-state index in [9.17, 15) is 4.79 Å². The minimum atomic E-state index is -0.364. The number of hydrogen-bond donors (Lipinski definition) is 1. The van der Waals surface area contributed by atoms with E-state index in [1.54, 1.807) is 10.6 Å². The fourth-order valence-corrected chi connectivity index (χ4v) is 4.52. The normalized spacial score (nSPS) is 15.7. The van der Waals surface area contributed by atoms with Crippen LogP contribution in [0, 0.1) is 0 Å². The van der Waals surface area contributed by atoms with Crippen molar-refractivity contribution in [2.45, 2.75) is 25.8 Å². The molecule has 1 N–H and O–H groups in total. The van der Waals surface area contributed by atoms with Crippen molar-refractivity contribution >= 4 is 28.9 Å². The van der Waals surface area contributed by atoms with E-state index in [0.717, 1.165) is 34.8 Å². The Morgan fingerprint density at radius 2 is 2.03 bits per heavy atom. The lowest BCUT2D eigenvalue weighted by atomic mass is 10.0. The quantitative estimate of drug-likeness (QED) is 0.374. The molecule has 3 aromatic heterocycles. The van der Waals surface area contributed by atoms with Crippen molar-refractivity contribution in [3.8, 4) is 11.1 Å². The standard InChI is InChI=1S/C25H26N6O2/c1-17-7-6-12-30(17)23-11-5-10-22(29(23)2)28-21-14-20(15-31-24(21)26-16-27-31)18-8-4-9-19(13-18)25(32)33-3/h4-5,8-11,13-17H,6-7,12H2,1-3H3/p+1. The van der Waals surface area contributed by atoms with Crippen LogP contribution in [0.5, 0.6) is 0 Å². The molecule has 168 valence electrons. The van der Waals surface area contributed by atoms with Crippen molar-refractivity contribution in [1.82, 2.24) is 14.6 Å². The molecule has 4 aromatic rings. The minimum Gasteiger partial charge on any atom is -0.465 e. The van der Waals surface area contributed by atoms with Crippen molar-refractivity contribution in [3.05, 3.63) is 66.6 Å². The third-order valence-corrected chi connectivity index (χ3v) is 6.31. The molecule has 1 unspecified atom stereocenters. The van der Waals surface area contributed by atoms with E-state index in [4.69, 9.17) is 4.74 Å². The molecule has 1 atom stereocenters. The van der Waals surface area contributed by atoms with E-state index in [1.807, 2.05) is 30.5 Å². The second kappa shape index (κ2) is 8.54. The van der Waals surface area contributed by atoms with E-state index in [0.29, 0.717) is 11.6 Å². The number of carbonyl (C=O) groups is 1. The Kier molecular flexibility index (Phi) is 5.42. The maximum absolute atomic E-state index is 12.0. The second-order valence-electron chi connectivity index (χ2n) is 8.38. The van der Waals surface area contributed by atoms with Gasteiger partial charge in [-0.25, -0.2) is 18.9 Å². The number of nitrogens with zero attached hydrogens (tertiary/aromatic N) is 5. The molecule has 0 bridgehead atoms. The van der Waals surface area contributed by atoms with Crippen molar-refractivity contribution < 1.29 is 14.1 Å². The maximum atomic E-state index is 12.0. The molecule has 0 radical (unpaired) electrons. The molecule has 0 aliphatic carbocycles. The Hall–Kier alpha value is -3.94. The monoisotopic (exact) mass is 443 g/mol. The fraction of sp³-hybridized carbons (Fsp3) is 0.280. The van der Waals surface area contributed by atoms with Crippen LogP contribution in [0.3, 0.4) is 0 Å². The fourth-order valence-electron chi connectivity index (χ4n) is 4.52. The van der Waals surface area contributed by atoms with Crippen LogP contribution in [-0.4, -0.2) is 40.3 Å². The van der Waals surface area contributed by atoms with Crippen LogP contribution in [0.25, 0.3) is 16.8 Å². The number of anilines is 3. The lowest BCUT2D eigenvalue weighted by molar-refractivity contribution is -0.644. The van der Waals surface area contributed by atoms with Crippen LogP contribution in [0.4, 0.5) is 17.3 Å². The molecule has 1 aliphatic heterocycles. The van der Waals surface area contributed by atoms with Gasteiger partial charge < -0.3 is 4.74 Å². The number of pyridine rings is 2. The van der Waals surface area contributed by atoms with Crippen LogP contribution in [0.1, 0.15) is 30.1 Å². The van der Waals surface area contributed by atoms with Gasteiger partial charge in [-0.3, -0.25) is 10.2 Å². The smallest absolute Gasteiger partial charge is 0.337 e. The summed E-state index contributed by atoms with van der Waals surface area (Å²) >= 11 is 0. The lowest BCUT2D eigenvalue weighted by Crippen LogP contribution is -2.42. The van der Waals surface area contributed by atoms with Crippen molar-refractivity contribution in [1.29, 1.82) is 0 Å². The predicted octanol–water partition coefficient (Wildman–Crippen LogP) is 3.74. The Morgan fingerprint density at radius 3 is 2.82 bits per heavy atom. The zero-order chi connectivity index (χ0) is 22.9. The zero-order valence-electron chi connectivity index (χ0n) is 19.0. The first-order valence-corrected chi connectivity index (χ1v) is 11.1. The molecule has 1 aromatic carbocycles. The summed E-state index contributed by atoms with van der Waals surface area (Å²) in [6.45, 7) is 3.34. The Labute approximate surface area is 192 Å². The molecular weight excluding hydrogens is 416 g/mol. The largest absolute Gasteiger partial charge is 0.465 e. The van der Waals surface area contributed by atoms with E-state index >= 15 is 0 Å². The SMILES string of the molecule is COC(=O)c1cccc(-c2cc(Nc3cccc(N4CCCC4C)[n+]3C)c3ncnn3c2)c1. The first kappa shape index (κ1) is 20.9. The molecule has 4 heterocycles. The topological polar surface area (TPSA) is 75.6 Å². The molecule has 8 heteroatoms. The average Bonchev–Trinajstić information content (AvgIpc) is 3.49. The van der Waals surface area contributed by atoms with Crippen LogP contribution in [0.15, 0.2) is 61.1 Å². The average molecular weight is 444 g/mol. The summed E-state index contributed by atoms with van der Waals surface area (Å²) in [7, 11) is 3.46. The molecule has 0 spiro atoms. The second-order valence-corrected chi connectivity index (χ2v) is 8.38. The van der Waals surface area contributed by atoms with Gasteiger partial charge in [0.1, 0.15) is 12.0 Å². The van der Waals surface area contributed by atoms with Gasteiger partial charge in [0, 0.05) is 23.9 Å². The number of aromatic nitrogens is 4. The van der Waals surface area contributed by atoms with Gasteiger partial charge in [-0.15, -0.1) is 0 Å². The van der Waals surface area contributed by atoms with E-state index in [2.05, 4.69) is 57.0 Å². The van der Waals surface area contributed by atoms with Gasteiger partial charge in [-0.05, 0) is 49.6 Å². The highest BCUT2D eigenvalue weighted by molar-refractivity contribution is 5.91. The van der Waals surface area contributed by atoms with Crippen molar-refractivity contribution in [2.75, 3.05) is 23.9 Å². The molecule has 5 rings (SSSR count). The van der Waals surface area contributed by atoms with Gasteiger partial charge in [0.25, 0.3) is 0 Å². The first-order valence-electron chi connectivity index (χ1n) is 11.1. The number of esters is 1. The Bertz CT molecular complexity index is 1330. The summed E-state index contributed by atoms with van der Waals surface area (Å²) in [5.41, 5.74) is 3.86. The van der Waals surface area contributed by atoms with Gasteiger partial charge in [-0.1, -0.05) is 12.1 Å². The summed E-state index contributed by atoms with van der Waals surface area (Å²) in [6.07, 6.45) is 5.88. The Balaban J connectivity index is 1.55. The summed E-state index contributed by atoms with van der Waals surface area (Å²) in [4.78, 5) is 18.9. The van der Waals surface area contributed by atoms with Crippen LogP contribution in [0.2, 0.25) is 0 Å². The molecule has 8 nitrogen and oxygen atoms in total. The summed E-state index contributed by atoms with van der Waals surface area (Å²) < 4.78 is 8.80. The number of rotatable bonds is 5.